The van der Waals surface area contributed by atoms with Crippen LogP contribution in [0.25, 0.3) is 0 Å². The molecule has 0 fully saturated rings. The van der Waals surface area contributed by atoms with Gasteiger partial charge in [0.1, 0.15) is 11.5 Å². The number of carbonyl (C=O) groups is 2. The second-order valence-electron chi connectivity index (χ2n) is 4.94. The van der Waals surface area contributed by atoms with E-state index in [2.05, 4.69) is 15.6 Å². The second kappa shape index (κ2) is 8.24. The van der Waals surface area contributed by atoms with Gasteiger partial charge in [-0.25, -0.2) is 0 Å². The summed E-state index contributed by atoms with van der Waals surface area (Å²) in [5.41, 5.74) is 4.72. The lowest BCUT2D eigenvalue weighted by atomic mass is 10.2. The van der Waals surface area contributed by atoms with E-state index in [-0.39, 0.29) is 5.56 Å². The maximum atomic E-state index is 12.1. The van der Waals surface area contributed by atoms with Gasteiger partial charge in [-0.3, -0.25) is 20.4 Å². The first-order valence-corrected chi connectivity index (χ1v) is 7.48. The summed E-state index contributed by atoms with van der Waals surface area (Å²) >= 11 is 0. The van der Waals surface area contributed by atoms with E-state index >= 15 is 0 Å². The molecule has 2 amide bonds. The Morgan fingerprint density at radius 3 is 1.65 bits per heavy atom. The topological polar surface area (TPSA) is 76.7 Å². The number of hydrogen-bond acceptors (Lipinski definition) is 4. The van der Waals surface area contributed by atoms with Crippen molar-refractivity contribution in [1.29, 1.82) is 0 Å². The lowest BCUT2D eigenvalue weighted by Gasteiger charge is -2.10. The molecule has 0 aliphatic rings. The maximum Gasteiger partial charge on any atom is 0.573 e. The molecule has 0 radical (unpaired) electrons. The summed E-state index contributed by atoms with van der Waals surface area (Å²) in [6.45, 7) is 2.33. The Hall–Kier alpha value is -3.23. The number of rotatable bonds is 5. The van der Waals surface area contributed by atoms with E-state index in [1.54, 1.807) is 12.1 Å². The third-order valence-corrected chi connectivity index (χ3v) is 3.07. The van der Waals surface area contributed by atoms with Gasteiger partial charge >= 0.3 is 6.36 Å². The molecule has 2 N–H and O–H groups in total. The van der Waals surface area contributed by atoms with Crippen molar-refractivity contribution in [3.05, 3.63) is 59.7 Å². The van der Waals surface area contributed by atoms with Crippen LogP contribution in [0.5, 0.6) is 11.5 Å². The number of benzene rings is 2. The molecule has 2 rings (SSSR count). The van der Waals surface area contributed by atoms with Crippen molar-refractivity contribution in [2.45, 2.75) is 13.3 Å². The fraction of sp³-hybridized carbons (Fsp3) is 0.176. The number of halogens is 3. The molecule has 0 aliphatic carbocycles. The van der Waals surface area contributed by atoms with Crippen LogP contribution in [0.2, 0.25) is 0 Å². The average molecular weight is 368 g/mol. The summed E-state index contributed by atoms with van der Waals surface area (Å²) in [4.78, 5) is 23.9. The first kappa shape index (κ1) is 19.1. The van der Waals surface area contributed by atoms with E-state index in [1.807, 2.05) is 6.92 Å². The first-order chi connectivity index (χ1) is 12.3. The van der Waals surface area contributed by atoms with E-state index in [1.165, 1.54) is 12.1 Å². The van der Waals surface area contributed by atoms with Crippen LogP contribution in [0.15, 0.2) is 48.5 Å². The van der Waals surface area contributed by atoms with Crippen molar-refractivity contribution in [2.75, 3.05) is 6.61 Å². The molecule has 2 aromatic carbocycles. The van der Waals surface area contributed by atoms with Crippen LogP contribution in [-0.2, 0) is 0 Å². The van der Waals surface area contributed by atoms with Gasteiger partial charge in [0.15, 0.2) is 0 Å². The zero-order valence-corrected chi connectivity index (χ0v) is 13.6. The van der Waals surface area contributed by atoms with Gasteiger partial charge in [0, 0.05) is 11.1 Å². The quantitative estimate of drug-likeness (QED) is 0.796. The van der Waals surface area contributed by atoms with Crippen molar-refractivity contribution in [2.24, 2.45) is 0 Å². The van der Waals surface area contributed by atoms with Crippen molar-refractivity contribution in [3.8, 4) is 11.5 Å². The molecule has 2 aromatic rings. The Morgan fingerprint density at radius 1 is 0.846 bits per heavy atom. The number of carbonyl (C=O) groups excluding carboxylic acids is 2. The van der Waals surface area contributed by atoms with Crippen molar-refractivity contribution in [1.82, 2.24) is 10.9 Å². The molecule has 6 nitrogen and oxygen atoms in total. The Bertz CT molecular complexity index is 759. The molecule has 0 aliphatic heterocycles. The molecular weight excluding hydrogens is 353 g/mol. The average Bonchev–Trinajstić information content (AvgIpc) is 2.59. The minimum absolute atomic E-state index is 0.0477. The summed E-state index contributed by atoms with van der Waals surface area (Å²) in [5, 5.41) is 0. The maximum absolute atomic E-state index is 12.1. The predicted octanol–water partition coefficient (Wildman–Crippen LogP) is 3.06. The predicted molar refractivity (Wildman–Crippen MR) is 85.7 cm³/mol. The largest absolute Gasteiger partial charge is 0.573 e. The van der Waals surface area contributed by atoms with Gasteiger partial charge in [-0.05, 0) is 55.5 Å². The second-order valence-corrected chi connectivity index (χ2v) is 4.94. The molecule has 0 unspecified atom stereocenters. The minimum Gasteiger partial charge on any atom is -0.494 e. The van der Waals surface area contributed by atoms with Gasteiger partial charge in [0.2, 0.25) is 0 Å². The molecular formula is C17H15F3N2O4. The normalized spacial score (nSPS) is 10.8. The summed E-state index contributed by atoms with van der Waals surface area (Å²) < 4.78 is 45.2. The van der Waals surface area contributed by atoms with E-state index in [0.717, 1.165) is 24.3 Å². The van der Waals surface area contributed by atoms with Crippen molar-refractivity contribution < 1.29 is 32.2 Å². The fourth-order valence-electron chi connectivity index (χ4n) is 1.94. The van der Waals surface area contributed by atoms with Crippen molar-refractivity contribution in [3.63, 3.8) is 0 Å². The Balaban J connectivity index is 1.90. The van der Waals surface area contributed by atoms with Crippen LogP contribution in [0.1, 0.15) is 27.6 Å². The van der Waals surface area contributed by atoms with Crippen LogP contribution >= 0.6 is 0 Å². The van der Waals surface area contributed by atoms with E-state index in [4.69, 9.17) is 4.74 Å². The molecule has 0 spiro atoms. The molecule has 138 valence electrons. The monoisotopic (exact) mass is 368 g/mol. The highest BCUT2D eigenvalue weighted by atomic mass is 19.4. The molecule has 0 heterocycles. The number of nitrogens with one attached hydrogen (secondary N) is 2. The highest BCUT2D eigenvalue weighted by Crippen LogP contribution is 2.22. The first-order valence-electron chi connectivity index (χ1n) is 7.48. The van der Waals surface area contributed by atoms with Gasteiger partial charge in [-0.2, -0.15) is 0 Å². The van der Waals surface area contributed by atoms with Crippen LogP contribution in [0.4, 0.5) is 13.2 Å². The Morgan fingerprint density at radius 2 is 1.27 bits per heavy atom. The SMILES string of the molecule is CCOc1ccc(C(=O)NNC(=O)c2ccc(OC(F)(F)F)cc2)cc1. The summed E-state index contributed by atoms with van der Waals surface area (Å²) in [6.07, 6.45) is -4.81. The van der Waals surface area contributed by atoms with Crippen LogP contribution in [0.3, 0.4) is 0 Å². The zero-order valence-electron chi connectivity index (χ0n) is 13.6. The van der Waals surface area contributed by atoms with Gasteiger partial charge < -0.3 is 9.47 Å². The van der Waals surface area contributed by atoms with Gasteiger partial charge in [0.25, 0.3) is 11.8 Å². The Kier molecular flexibility index (Phi) is 6.05. The molecule has 0 saturated carbocycles. The van der Waals surface area contributed by atoms with Crippen molar-refractivity contribution >= 4 is 11.8 Å². The van der Waals surface area contributed by atoms with E-state index in [9.17, 15) is 22.8 Å². The fourth-order valence-corrected chi connectivity index (χ4v) is 1.94. The third kappa shape index (κ3) is 5.69. The highest BCUT2D eigenvalue weighted by molar-refractivity contribution is 5.99. The standard InChI is InChI=1S/C17H15F3N2O4/c1-2-25-13-7-3-11(4-8-13)15(23)21-22-16(24)12-5-9-14(10-6-12)26-17(18,19)20/h3-10H,2H2,1H3,(H,21,23)(H,22,24). The Labute approximate surface area is 146 Å². The molecule has 9 heteroatoms. The minimum atomic E-state index is -4.81. The number of alkyl halides is 3. The summed E-state index contributed by atoms with van der Waals surface area (Å²) in [6, 6.07) is 10.5. The summed E-state index contributed by atoms with van der Waals surface area (Å²) in [7, 11) is 0. The van der Waals surface area contributed by atoms with Gasteiger partial charge in [-0.15, -0.1) is 13.2 Å². The van der Waals surface area contributed by atoms with E-state index < -0.39 is 23.9 Å². The number of ether oxygens (including phenoxy) is 2. The summed E-state index contributed by atoms with van der Waals surface area (Å²) in [5.74, 6) is -1.09. The molecule has 0 bridgehead atoms. The van der Waals surface area contributed by atoms with Crippen LogP contribution in [0, 0.1) is 0 Å². The van der Waals surface area contributed by atoms with Gasteiger partial charge in [-0.1, -0.05) is 0 Å². The smallest absolute Gasteiger partial charge is 0.494 e. The molecule has 26 heavy (non-hydrogen) atoms. The number of amides is 2. The third-order valence-electron chi connectivity index (χ3n) is 3.07. The zero-order chi connectivity index (χ0) is 19.2. The molecule has 0 saturated heterocycles. The van der Waals surface area contributed by atoms with Gasteiger partial charge in [0.05, 0.1) is 6.61 Å². The van der Waals surface area contributed by atoms with Crippen LogP contribution in [-0.4, -0.2) is 24.8 Å². The lowest BCUT2D eigenvalue weighted by Crippen LogP contribution is -2.41. The highest BCUT2D eigenvalue weighted by Gasteiger charge is 2.31. The number of hydrogen-bond donors (Lipinski definition) is 2. The number of hydrazine groups is 1. The van der Waals surface area contributed by atoms with E-state index in [0.29, 0.717) is 17.9 Å². The van der Waals surface area contributed by atoms with Crippen LogP contribution < -0.4 is 20.3 Å². The lowest BCUT2D eigenvalue weighted by molar-refractivity contribution is -0.274. The molecule has 0 atom stereocenters. The molecule has 0 aromatic heterocycles.